The van der Waals surface area contributed by atoms with Crippen molar-refractivity contribution in [3.8, 4) is 6.07 Å². The van der Waals surface area contributed by atoms with Crippen LogP contribution in [0.15, 0.2) is 54.9 Å². The Kier molecular flexibility index (Phi) is 4.92. The number of carbonyl (C=O) groups is 1. The Morgan fingerprint density at radius 2 is 2.12 bits per heavy atom. The molecule has 0 bridgehead atoms. The number of carbonyl (C=O) groups excluding carboxylic acids is 1. The molecular weight excluding hydrogens is 314 g/mol. The van der Waals surface area contributed by atoms with Crippen LogP contribution in [0.3, 0.4) is 0 Å². The van der Waals surface area contributed by atoms with Gasteiger partial charge in [-0.05, 0) is 30.2 Å². The molecule has 1 aliphatic heterocycles. The van der Waals surface area contributed by atoms with E-state index in [4.69, 9.17) is 0 Å². The molecule has 1 N–H and O–H groups in total. The van der Waals surface area contributed by atoms with Gasteiger partial charge in [0.05, 0.1) is 24.3 Å². The van der Waals surface area contributed by atoms with Gasteiger partial charge in [0.25, 0.3) is 5.91 Å². The van der Waals surface area contributed by atoms with E-state index in [1.807, 2.05) is 43.3 Å². The first kappa shape index (κ1) is 16.9. The van der Waals surface area contributed by atoms with E-state index in [0.717, 1.165) is 11.1 Å². The van der Waals surface area contributed by atoms with Crippen LogP contribution in [0.2, 0.25) is 0 Å². The van der Waals surface area contributed by atoms with Gasteiger partial charge in [-0.2, -0.15) is 5.26 Å². The number of aliphatic hydroxyl groups is 1. The van der Waals surface area contributed by atoms with Gasteiger partial charge in [-0.1, -0.05) is 36.4 Å². The second-order valence-electron chi connectivity index (χ2n) is 5.97. The molecule has 3 rings (SSSR count). The third kappa shape index (κ3) is 3.04. The van der Waals surface area contributed by atoms with Crippen molar-refractivity contribution in [3.63, 3.8) is 0 Å². The summed E-state index contributed by atoms with van der Waals surface area (Å²) < 4.78 is 0. The molecule has 1 aromatic carbocycles. The highest BCUT2D eigenvalue weighted by Gasteiger charge is 2.51. The first-order chi connectivity index (χ1) is 12.2. The van der Waals surface area contributed by atoms with Gasteiger partial charge in [-0.3, -0.25) is 9.78 Å². The van der Waals surface area contributed by atoms with Crippen molar-refractivity contribution in [2.75, 3.05) is 6.61 Å². The van der Waals surface area contributed by atoms with Crippen LogP contribution in [0.1, 0.15) is 34.3 Å². The Bertz CT molecular complexity index is 809. The number of aliphatic hydroxyl groups excluding tert-OH is 1. The van der Waals surface area contributed by atoms with Crippen LogP contribution in [-0.4, -0.2) is 39.6 Å². The Balaban J connectivity index is 1.87. The van der Waals surface area contributed by atoms with Crippen molar-refractivity contribution < 1.29 is 9.90 Å². The monoisotopic (exact) mass is 333 g/mol. The second kappa shape index (κ2) is 7.29. The van der Waals surface area contributed by atoms with Crippen molar-refractivity contribution in [2.24, 2.45) is 0 Å². The van der Waals surface area contributed by atoms with Gasteiger partial charge >= 0.3 is 0 Å². The van der Waals surface area contributed by atoms with Crippen LogP contribution in [-0.2, 0) is 0 Å². The number of benzene rings is 1. The lowest BCUT2D eigenvalue weighted by atomic mass is 9.75. The van der Waals surface area contributed by atoms with E-state index in [-0.39, 0.29) is 18.4 Å². The molecule has 0 radical (unpaired) electrons. The first-order valence-corrected chi connectivity index (χ1v) is 8.17. The van der Waals surface area contributed by atoms with Crippen LogP contribution in [0, 0.1) is 11.3 Å². The summed E-state index contributed by atoms with van der Waals surface area (Å²) in [6.45, 7) is 1.76. The van der Waals surface area contributed by atoms with Gasteiger partial charge in [0.1, 0.15) is 6.04 Å². The minimum atomic E-state index is -0.600. The minimum absolute atomic E-state index is 0.189. The average molecular weight is 333 g/mol. The zero-order valence-electron chi connectivity index (χ0n) is 13.9. The Labute approximate surface area is 146 Å². The van der Waals surface area contributed by atoms with E-state index in [1.54, 1.807) is 18.3 Å². The zero-order chi connectivity index (χ0) is 17.8. The molecule has 2 heterocycles. The van der Waals surface area contributed by atoms with E-state index in [2.05, 4.69) is 11.1 Å². The highest BCUT2D eigenvalue weighted by Crippen LogP contribution is 2.41. The molecule has 0 spiro atoms. The van der Waals surface area contributed by atoms with Gasteiger partial charge in [-0.15, -0.1) is 0 Å². The number of hydrogen-bond donors (Lipinski definition) is 1. The van der Waals surface area contributed by atoms with Crippen molar-refractivity contribution in [1.29, 1.82) is 5.26 Å². The lowest BCUT2D eigenvalue weighted by Crippen LogP contribution is -2.65. The molecule has 1 saturated heterocycles. The van der Waals surface area contributed by atoms with Crippen LogP contribution < -0.4 is 0 Å². The summed E-state index contributed by atoms with van der Waals surface area (Å²) in [7, 11) is 0. The van der Waals surface area contributed by atoms with Crippen molar-refractivity contribution in [2.45, 2.75) is 24.9 Å². The normalized spacial score (nSPS) is 22.4. The van der Waals surface area contributed by atoms with E-state index in [9.17, 15) is 15.2 Å². The zero-order valence-corrected chi connectivity index (χ0v) is 13.9. The predicted octanol–water partition coefficient (Wildman–Crippen LogP) is 2.61. The van der Waals surface area contributed by atoms with Gasteiger partial charge in [-0.25, -0.2) is 0 Å². The Morgan fingerprint density at radius 3 is 2.68 bits per heavy atom. The average Bonchev–Trinajstić information content (AvgIpc) is 2.64. The number of allylic oxidation sites excluding steroid dienone is 1. The summed E-state index contributed by atoms with van der Waals surface area (Å²) in [4.78, 5) is 18.1. The highest BCUT2D eigenvalue weighted by molar-refractivity contribution is 5.95. The van der Waals surface area contributed by atoms with Gasteiger partial charge < -0.3 is 10.0 Å². The number of amides is 1. The summed E-state index contributed by atoms with van der Waals surface area (Å²) in [6, 6.07) is 12.4. The maximum absolute atomic E-state index is 12.7. The summed E-state index contributed by atoms with van der Waals surface area (Å²) in [5.41, 5.74) is 2.44. The third-order valence-corrected chi connectivity index (χ3v) is 4.55. The molecule has 2 aromatic rings. The molecule has 1 aromatic heterocycles. The fraction of sp³-hybridized carbons (Fsp3) is 0.250. The van der Waals surface area contributed by atoms with Crippen molar-refractivity contribution in [1.82, 2.24) is 9.88 Å². The molecule has 126 valence electrons. The lowest BCUT2D eigenvalue weighted by Gasteiger charge is -2.51. The molecule has 1 aliphatic rings. The first-order valence-electron chi connectivity index (χ1n) is 8.17. The molecule has 5 nitrogen and oxygen atoms in total. The summed E-state index contributed by atoms with van der Waals surface area (Å²) in [6.07, 6.45) is 7.02. The number of nitrogens with zero attached hydrogens (tertiary/aromatic N) is 3. The molecule has 0 saturated carbocycles. The van der Waals surface area contributed by atoms with E-state index in [1.165, 1.54) is 11.1 Å². The van der Waals surface area contributed by atoms with Crippen LogP contribution in [0.4, 0.5) is 0 Å². The largest absolute Gasteiger partial charge is 0.394 e. The van der Waals surface area contributed by atoms with Crippen molar-refractivity contribution in [3.05, 3.63) is 71.6 Å². The topological polar surface area (TPSA) is 77.2 Å². The molecule has 3 atom stereocenters. The maximum atomic E-state index is 12.7. The van der Waals surface area contributed by atoms with Crippen LogP contribution in [0.25, 0.3) is 6.08 Å². The van der Waals surface area contributed by atoms with Gasteiger partial charge in [0.2, 0.25) is 0 Å². The summed E-state index contributed by atoms with van der Waals surface area (Å²) in [5.74, 6) is -0.476. The number of likely N-dealkylation sites (tertiary alicyclic amines) is 1. The molecule has 5 heteroatoms. The number of nitriles is 1. The van der Waals surface area contributed by atoms with Crippen LogP contribution >= 0.6 is 0 Å². The molecule has 0 unspecified atom stereocenters. The molecule has 1 fully saturated rings. The summed E-state index contributed by atoms with van der Waals surface area (Å²) >= 11 is 0. The molecule has 25 heavy (non-hydrogen) atoms. The molecular formula is C20H19N3O2. The quantitative estimate of drug-likeness (QED) is 0.933. The van der Waals surface area contributed by atoms with E-state index >= 15 is 0 Å². The standard InChI is InChI=1S/C20H19N3O2/c1-2-4-14-6-8-15(9-7-14)19-17(11-21)23(18(19)13-24)20(25)16-5-3-10-22-12-16/h2-10,12,17-19,24H,13H2,1H3/t17-,18-,19+/m1/s1. The smallest absolute Gasteiger partial charge is 0.256 e. The summed E-state index contributed by atoms with van der Waals surface area (Å²) in [5, 5.41) is 19.4. The SMILES string of the molecule is CC=Cc1ccc([C@H]2[C@@H](C#N)N(C(=O)c3cccnc3)[C@@H]2CO)cc1. The van der Waals surface area contributed by atoms with E-state index < -0.39 is 12.1 Å². The predicted molar refractivity (Wildman–Crippen MR) is 94.6 cm³/mol. The van der Waals surface area contributed by atoms with Crippen LogP contribution in [0.5, 0.6) is 0 Å². The Hall–Kier alpha value is -2.97. The third-order valence-electron chi connectivity index (χ3n) is 4.55. The van der Waals surface area contributed by atoms with E-state index in [0.29, 0.717) is 5.56 Å². The molecule has 1 amide bonds. The second-order valence-corrected chi connectivity index (χ2v) is 5.97. The maximum Gasteiger partial charge on any atom is 0.256 e. The molecule has 0 aliphatic carbocycles. The minimum Gasteiger partial charge on any atom is -0.394 e. The number of rotatable bonds is 4. The lowest BCUT2D eigenvalue weighted by molar-refractivity contribution is -0.00588. The van der Waals surface area contributed by atoms with Gasteiger partial charge in [0.15, 0.2) is 0 Å². The number of hydrogen-bond acceptors (Lipinski definition) is 4. The Morgan fingerprint density at radius 1 is 1.36 bits per heavy atom. The highest BCUT2D eigenvalue weighted by atomic mass is 16.3. The number of pyridine rings is 1. The van der Waals surface area contributed by atoms with Crippen molar-refractivity contribution >= 4 is 12.0 Å². The van der Waals surface area contributed by atoms with Gasteiger partial charge in [0, 0.05) is 18.3 Å². The fourth-order valence-electron chi connectivity index (χ4n) is 3.35. The number of aromatic nitrogens is 1. The fourth-order valence-corrected chi connectivity index (χ4v) is 3.35.